The largest absolute Gasteiger partial charge is 0.497 e. The minimum atomic E-state index is -0.717. The summed E-state index contributed by atoms with van der Waals surface area (Å²) in [6.07, 6.45) is 0. The number of amides is 2. The molecule has 3 aromatic carbocycles. The van der Waals surface area contributed by atoms with E-state index in [1.807, 2.05) is 24.3 Å². The Morgan fingerprint density at radius 2 is 1.66 bits per heavy atom. The number of nitrogens with zero attached hydrogens (tertiary/aromatic N) is 1. The van der Waals surface area contributed by atoms with Gasteiger partial charge in [0.25, 0.3) is 5.91 Å². The highest BCUT2D eigenvalue weighted by Gasteiger charge is 2.35. The summed E-state index contributed by atoms with van der Waals surface area (Å²) in [4.78, 5) is 26.2. The van der Waals surface area contributed by atoms with Gasteiger partial charge in [0.2, 0.25) is 5.91 Å². The van der Waals surface area contributed by atoms with E-state index in [0.717, 1.165) is 0 Å². The standard InChI is InChI=1S/C29H25ClN4O3S/c1-18-26(28(36)34-19-8-4-3-5-9-19)27(22-10-6-7-11-24(22)30)23(16-31)29(32-18)38-17-25(35)33-20-12-14-21(37-2)15-13-20/h3-15,27,32H,17H2,1-2H3,(H,33,35)(H,34,36). The maximum absolute atomic E-state index is 13.5. The number of carbonyl (C=O) groups excluding carboxylic acids is 2. The maximum Gasteiger partial charge on any atom is 0.254 e. The Bertz CT molecular complexity index is 1450. The van der Waals surface area contributed by atoms with Gasteiger partial charge in [0.15, 0.2) is 0 Å². The summed E-state index contributed by atoms with van der Waals surface area (Å²) in [5, 5.41) is 20.1. The smallest absolute Gasteiger partial charge is 0.254 e. The van der Waals surface area contributed by atoms with Gasteiger partial charge in [-0.3, -0.25) is 9.59 Å². The molecule has 0 fully saturated rings. The van der Waals surface area contributed by atoms with Crippen molar-refractivity contribution in [2.45, 2.75) is 12.8 Å². The molecule has 1 heterocycles. The number of thioether (sulfide) groups is 1. The van der Waals surface area contributed by atoms with Crippen LogP contribution in [-0.2, 0) is 9.59 Å². The normalized spacial score (nSPS) is 14.8. The van der Waals surface area contributed by atoms with Gasteiger partial charge in [-0.15, -0.1) is 0 Å². The first-order valence-corrected chi connectivity index (χ1v) is 13.1. The van der Waals surface area contributed by atoms with Gasteiger partial charge < -0.3 is 20.7 Å². The Hall–Kier alpha value is -4.19. The topological polar surface area (TPSA) is 103 Å². The molecule has 0 aromatic heterocycles. The predicted octanol–water partition coefficient (Wildman–Crippen LogP) is 6.06. The molecule has 1 aliphatic rings. The Labute approximate surface area is 230 Å². The fourth-order valence-electron chi connectivity index (χ4n) is 4.08. The third-order valence-electron chi connectivity index (χ3n) is 5.86. The summed E-state index contributed by atoms with van der Waals surface area (Å²) in [6.45, 7) is 1.77. The van der Waals surface area contributed by atoms with Crippen LogP contribution < -0.4 is 20.7 Å². The number of dihydropyridines is 1. The molecule has 0 aliphatic carbocycles. The second-order valence-electron chi connectivity index (χ2n) is 8.36. The van der Waals surface area contributed by atoms with Crippen LogP contribution in [0, 0.1) is 11.3 Å². The van der Waals surface area contributed by atoms with E-state index in [1.165, 1.54) is 11.8 Å². The molecule has 1 aliphatic heterocycles. The summed E-state index contributed by atoms with van der Waals surface area (Å²) in [7, 11) is 1.57. The number of anilines is 2. The summed E-state index contributed by atoms with van der Waals surface area (Å²) in [5.41, 5.74) is 3.15. The number of benzene rings is 3. The third kappa shape index (κ3) is 6.20. The molecule has 192 valence electrons. The van der Waals surface area contributed by atoms with E-state index in [2.05, 4.69) is 22.0 Å². The Balaban J connectivity index is 1.61. The van der Waals surface area contributed by atoms with Crippen LogP contribution in [0.1, 0.15) is 18.4 Å². The van der Waals surface area contributed by atoms with Gasteiger partial charge in [0.1, 0.15) is 5.75 Å². The molecule has 0 saturated carbocycles. The van der Waals surface area contributed by atoms with Gasteiger partial charge in [-0.05, 0) is 55.0 Å². The van der Waals surface area contributed by atoms with Crippen LogP contribution in [0.3, 0.4) is 0 Å². The second kappa shape index (κ2) is 12.4. The molecule has 0 spiro atoms. The molecule has 4 rings (SSSR count). The van der Waals surface area contributed by atoms with Crippen molar-refractivity contribution in [1.82, 2.24) is 5.32 Å². The van der Waals surface area contributed by atoms with E-state index in [4.69, 9.17) is 16.3 Å². The fourth-order valence-corrected chi connectivity index (χ4v) is 5.21. The number of hydrogen-bond donors (Lipinski definition) is 3. The van der Waals surface area contributed by atoms with Crippen LogP contribution in [0.2, 0.25) is 5.02 Å². The van der Waals surface area contributed by atoms with E-state index < -0.39 is 5.92 Å². The SMILES string of the molecule is COc1ccc(NC(=O)CSC2=C(C#N)C(c3ccccc3Cl)C(C(=O)Nc3ccccc3)=C(C)N2)cc1. The lowest BCUT2D eigenvalue weighted by atomic mass is 9.82. The molecule has 3 aromatic rings. The number of ether oxygens (including phenoxy) is 1. The first-order chi connectivity index (χ1) is 18.4. The van der Waals surface area contributed by atoms with Crippen molar-refractivity contribution in [2.75, 3.05) is 23.5 Å². The number of carbonyl (C=O) groups is 2. The van der Waals surface area contributed by atoms with Gasteiger partial charge in [-0.25, -0.2) is 0 Å². The van der Waals surface area contributed by atoms with Gasteiger partial charge in [0, 0.05) is 27.7 Å². The average molecular weight is 545 g/mol. The van der Waals surface area contributed by atoms with Crippen molar-refractivity contribution >= 4 is 46.6 Å². The van der Waals surface area contributed by atoms with Crippen molar-refractivity contribution in [3.63, 3.8) is 0 Å². The number of para-hydroxylation sites is 1. The minimum Gasteiger partial charge on any atom is -0.497 e. The molecule has 38 heavy (non-hydrogen) atoms. The van der Waals surface area contributed by atoms with E-state index in [9.17, 15) is 14.9 Å². The molecule has 3 N–H and O–H groups in total. The van der Waals surface area contributed by atoms with Crippen LogP contribution in [0.4, 0.5) is 11.4 Å². The summed E-state index contributed by atoms with van der Waals surface area (Å²) >= 11 is 7.75. The van der Waals surface area contributed by atoms with Crippen molar-refractivity contribution in [3.8, 4) is 11.8 Å². The highest BCUT2D eigenvalue weighted by molar-refractivity contribution is 8.03. The molecular weight excluding hydrogens is 520 g/mol. The number of allylic oxidation sites excluding steroid dienone is 2. The fraction of sp³-hybridized carbons (Fsp3) is 0.138. The number of methoxy groups -OCH3 is 1. The molecule has 9 heteroatoms. The summed E-state index contributed by atoms with van der Waals surface area (Å²) < 4.78 is 5.14. The monoisotopic (exact) mass is 544 g/mol. The number of halogens is 1. The second-order valence-corrected chi connectivity index (χ2v) is 9.75. The first kappa shape index (κ1) is 26.9. The number of nitriles is 1. The highest BCUT2D eigenvalue weighted by Crippen LogP contribution is 2.43. The van der Waals surface area contributed by atoms with E-state index >= 15 is 0 Å². The Morgan fingerprint density at radius 3 is 2.32 bits per heavy atom. The summed E-state index contributed by atoms with van der Waals surface area (Å²) in [5.74, 6) is -0.568. The molecule has 1 atom stereocenters. The highest BCUT2D eigenvalue weighted by atomic mass is 35.5. The molecule has 0 saturated heterocycles. The van der Waals surface area contributed by atoms with Gasteiger partial charge in [-0.1, -0.05) is 59.8 Å². The third-order valence-corrected chi connectivity index (χ3v) is 7.22. The quantitative estimate of drug-likeness (QED) is 0.319. The zero-order chi connectivity index (χ0) is 27.1. The first-order valence-electron chi connectivity index (χ1n) is 11.7. The maximum atomic E-state index is 13.5. The average Bonchev–Trinajstić information content (AvgIpc) is 2.92. The molecule has 1 unspecified atom stereocenters. The van der Waals surface area contributed by atoms with Crippen molar-refractivity contribution in [2.24, 2.45) is 0 Å². The predicted molar refractivity (Wildman–Crippen MR) is 152 cm³/mol. The number of hydrogen-bond acceptors (Lipinski definition) is 6. The van der Waals surface area contributed by atoms with Crippen LogP contribution in [0.5, 0.6) is 5.75 Å². The minimum absolute atomic E-state index is 0.0492. The molecule has 7 nitrogen and oxygen atoms in total. The molecule has 2 amide bonds. The van der Waals surface area contributed by atoms with Crippen molar-refractivity contribution in [3.05, 3.63) is 111 Å². The zero-order valence-electron chi connectivity index (χ0n) is 20.7. The van der Waals surface area contributed by atoms with E-state index in [0.29, 0.717) is 49.6 Å². The Kier molecular flexibility index (Phi) is 8.74. The lowest BCUT2D eigenvalue weighted by molar-refractivity contribution is -0.114. The zero-order valence-corrected chi connectivity index (χ0v) is 22.3. The lowest BCUT2D eigenvalue weighted by Crippen LogP contribution is -2.31. The molecule has 0 bridgehead atoms. The van der Waals surface area contributed by atoms with E-state index in [-0.39, 0.29) is 17.6 Å². The Morgan fingerprint density at radius 1 is 1.00 bits per heavy atom. The van der Waals surface area contributed by atoms with Crippen molar-refractivity contribution in [1.29, 1.82) is 5.26 Å². The van der Waals surface area contributed by atoms with Crippen LogP contribution in [0.25, 0.3) is 0 Å². The van der Waals surface area contributed by atoms with Crippen LogP contribution in [0.15, 0.2) is 101 Å². The molecule has 0 radical (unpaired) electrons. The van der Waals surface area contributed by atoms with E-state index in [1.54, 1.807) is 68.6 Å². The van der Waals surface area contributed by atoms with Crippen molar-refractivity contribution < 1.29 is 14.3 Å². The van der Waals surface area contributed by atoms with Gasteiger partial charge in [-0.2, -0.15) is 5.26 Å². The lowest BCUT2D eigenvalue weighted by Gasteiger charge is -2.30. The van der Waals surface area contributed by atoms with Crippen LogP contribution >= 0.6 is 23.4 Å². The van der Waals surface area contributed by atoms with Crippen LogP contribution in [-0.4, -0.2) is 24.7 Å². The summed E-state index contributed by atoms with van der Waals surface area (Å²) in [6, 6.07) is 25.5. The number of rotatable bonds is 8. The van der Waals surface area contributed by atoms with Gasteiger partial charge in [0.05, 0.1) is 35.5 Å². The van der Waals surface area contributed by atoms with Gasteiger partial charge >= 0.3 is 0 Å². The molecular formula is C29H25ClN4O3S. The number of nitrogens with one attached hydrogen (secondary N) is 3.